The van der Waals surface area contributed by atoms with E-state index in [4.69, 9.17) is 4.74 Å². The summed E-state index contributed by atoms with van der Waals surface area (Å²) in [5.41, 5.74) is 0. The molecule has 1 amide bonds. The van der Waals surface area contributed by atoms with E-state index >= 15 is 0 Å². The number of carbonyl (C=O) groups is 1. The number of nitrogens with one attached hydrogen (secondary N) is 1. The maximum absolute atomic E-state index is 12.6. The summed E-state index contributed by atoms with van der Waals surface area (Å²) >= 11 is 0. The highest BCUT2D eigenvalue weighted by Crippen LogP contribution is 2.25. The zero-order valence-electron chi connectivity index (χ0n) is 14.2. The second-order valence-corrected chi connectivity index (χ2v) is 6.60. The summed E-state index contributed by atoms with van der Waals surface area (Å²) < 4.78 is 6.07. The van der Waals surface area contributed by atoms with Gasteiger partial charge in [0.15, 0.2) is 0 Å². The second kappa shape index (κ2) is 10.5. The van der Waals surface area contributed by atoms with E-state index < -0.39 is 0 Å². The molecule has 2 aliphatic rings. The predicted octanol–water partition coefficient (Wildman–Crippen LogP) is 2.99. The van der Waals surface area contributed by atoms with Crippen molar-refractivity contribution in [2.24, 2.45) is 5.92 Å². The van der Waals surface area contributed by atoms with E-state index in [0.717, 1.165) is 57.7 Å². The molecular formula is C17H33ClN2O2. The van der Waals surface area contributed by atoms with Gasteiger partial charge in [0.1, 0.15) is 6.10 Å². The van der Waals surface area contributed by atoms with Crippen LogP contribution < -0.4 is 5.32 Å². The van der Waals surface area contributed by atoms with E-state index in [2.05, 4.69) is 12.2 Å². The number of ether oxygens (including phenoxy) is 1. The molecule has 1 N–H and O–H groups in total. The molecule has 2 rings (SSSR count). The molecule has 22 heavy (non-hydrogen) atoms. The molecule has 1 saturated carbocycles. The van der Waals surface area contributed by atoms with Gasteiger partial charge in [0.05, 0.1) is 6.10 Å². The summed E-state index contributed by atoms with van der Waals surface area (Å²) in [6.45, 7) is 4.98. The van der Waals surface area contributed by atoms with Crippen LogP contribution in [0.5, 0.6) is 0 Å². The van der Waals surface area contributed by atoms with Crippen molar-refractivity contribution in [2.45, 2.75) is 70.5 Å². The zero-order valence-corrected chi connectivity index (χ0v) is 15.0. The first-order valence-electron chi connectivity index (χ1n) is 8.83. The van der Waals surface area contributed by atoms with Crippen LogP contribution in [0.1, 0.15) is 58.3 Å². The van der Waals surface area contributed by atoms with Crippen LogP contribution in [-0.2, 0) is 9.53 Å². The third kappa shape index (κ3) is 5.71. The molecule has 0 bridgehead atoms. The number of hydrogen-bond acceptors (Lipinski definition) is 3. The van der Waals surface area contributed by atoms with Crippen LogP contribution in [-0.4, -0.2) is 49.7 Å². The van der Waals surface area contributed by atoms with E-state index in [-0.39, 0.29) is 24.4 Å². The Kier molecular flexibility index (Phi) is 9.37. The van der Waals surface area contributed by atoms with E-state index in [0.29, 0.717) is 6.10 Å². The van der Waals surface area contributed by atoms with Gasteiger partial charge in [0.25, 0.3) is 5.91 Å². The number of hydrogen-bond donors (Lipinski definition) is 1. The normalized spacial score (nSPS) is 21.6. The van der Waals surface area contributed by atoms with Crippen molar-refractivity contribution in [2.75, 3.05) is 26.7 Å². The molecule has 1 aliphatic carbocycles. The minimum Gasteiger partial charge on any atom is -0.365 e. The molecule has 4 nitrogen and oxygen atoms in total. The maximum atomic E-state index is 12.6. The number of halogens is 1. The number of piperidine rings is 1. The van der Waals surface area contributed by atoms with Crippen molar-refractivity contribution in [3.05, 3.63) is 0 Å². The summed E-state index contributed by atoms with van der Waals surface area (Å²) in [6, 6.07) is 0. The first-order valence-corrected chi connectivity index (χ1v) is 8.83. The quantitative estimate of drug-likeness (QED) is 0.779. The Bertz CT molecular complexity index is 314. The molecule has 1 unspecified atom stereocenters. The zero-order chi connectivity index (χ0) is 15.1. The largest absolute Gasteiger partial charge is 0.365 e. The van der Waals surface area contributed by atoms with E-state index in [1.54, 1.807) is 0 Å². The molecule has 0 aromatic rings. The number of nitrogens with zero attached hydrogens (tertiary/aromatic N) is 1. The lowest BCUT2D eigenvalue weighted by molar-refractivity contribution is -0.149. The van der Waals surface area contributed by atoms with Crippen molar-refractivity contribution < 1.29 is 9.53 Å². The Balaban J connectivity index is 0.00000242. The lowest BCUT2D eigenvalue weighted by Crippen LogP contribution is -2.45. The second-order valence-electron chi connectivity index (χ2n) is 6.60. The fraction of sp³-hybridized carbons (Fsp3) is 0.941. The molecule has 130 valence electrons. The van der Waals surface area contributed by atoms with Crippen molar-refractivity contribution in [3.8, 4) is 0 Å². The number of carbonyl (C=O) groups excluding carboxylic acids is 1. The Morgan fingerprint density at radius 2 is 1.86 bits per heavy atom. The van der Waals surface area contributed by atoms with Crippen LogP contribution in [0.15, 0.2) is 0 Å². The summed E-state index contributed by atoms with van der Waals surface area (Å²) in [5, 5.41) is 3.22. The number of amides is 1. The minimum atomic E-state index is -0.207. The van der Waals surface area contributed by atoms with Gasteiger partial charge in [-0.05, 0) is 58.0 Å². The number of likely N-dealkylation sites (tertiary alicyclic amines) is 1. The van der Waals surface area contributed by atoms with Crippen LogP contribution in [0, 0.1) is 5.92 Å². The summed E-state index contributed by atoms with van der Waals surface area (Å²) in [7, 11) is 2.00. The first-order chi connectivity index (χ1) is 10.2. The lowest BCUT2D eigenvalue weighted by Gasteiger charge is -2.34. The standard InChI is InChI=1S/C17H32N2O2.ClH/c1-3-16(21-15-6-4-5-7-15)17(20)19-12-9-14(10-13-19)8-11-18-2;/h14-16,18H,3-13H2,1-2H3;1H. The fourth-order valence-corrected chi connectivity index (χ4v) is 3.58. The van der Waals surface area contributed by atoms with Crippen molar-refractivity contribution in [1.82, 2.24) is 10.2 Å². The van der Waals surface area contributed by atoms with E-state index in [9.17, 15) is 4.79 Å². The first kappa shape index (κ1) is 19.7. The monoisotopic (exact) mass is 332 g/mol. The summed E-state index contributed by atoms with van der Waals surface area (Å²) in [5.74, 6) is 1.01. The average molecular weight is 333 g/mol. The topological polar surface area (TPSA) is 41.6 Å². The van der Waals surface area contributed by atoms with Gasteiger partial charge >= 0.3 is 0 Å². The average Bonchev–Trinajstić information content (AvgIpc) is 3.03. The Labute approximate surface area is 141 Å². The van der Waals surface area contributed by atoms with Crippen molar-refractivity contribution >= 4 is 18.3 Å². The van der Waals surface area contributed by atoms with Crippen LogP contribution in [0.25, 0.3) is 0 Å². The van der Waals surface area contributed by atoms with Gasteiger partial charge < -0.3 is 15.0 Å². The molecule has 2 fully saturated rings. The number of rotatable bonds is 7. The van der Waals surface area contributed by atoms with Gasteiger partial charge in [-0.1, -0.05) is 19.8 Å². The van der Waals surface area contributed by atoms with E-state index in [1.165, 1.54) is 19.3 Å². The molecule has 5 heteroatoms. The van der Waals surface area contributed by atoms with E-state index in [1.807, 2.05) is 11.9 Å². The fourth-order valence-electron chi connectivity index (χ4n) is 3.58. The molecule has 0 aromatic carbocycles. The third-order valence-electron chi connectivity index (χ3n) is 5.03. The summed E-state index contributed by atoms with van der Waals surface area (Å²) in [6.07, 6.45) is 9.22. The van der Waals surface area contributed by atoms with Crippen molar-refractivity contribution in [1.29, 1.82) is 0 Å². The highest BCUT2D eigenvalue weighted by molar-refractivity contribution is 5.85. The van der Waals surface area contributed by atoms with Gasteiger partial charge in [-0.15, -0.1) is 12.4 Å². The summed E-state index contributed by atoms with van der Waals surface area (Å²) in [4.78, 5) is 14.7. The van der Waals surface area contributed by atoms with Crippen LogP contribution >= 0.6 is 12.4 Å². The molecule has 1 aliphatic heterocycles. The molecule has 1 saturated heterocycles. The Morgan fingerprint density at radius 3 is 2.41 bits per heavy atom. The Morgan fingerprint density at radius 1 is 1.23 bits per heavy atom. The third-order valence-corrected chi connectivity index (χ3v) is 5.03. The van der Waals surface area contributed by atoms with Gasteiger partial charge in [-0.25, -0.2) is 0 Å². The molecule has 1 atom stereocenters. The van der Waals surface area contributed by atoms with Gasteiger partial charge in [0, 0.05) is 13.1 Å². The Hall–Kier alpha value is -0.320. The highest BCUT2D eigenvalue weighted by atomic mass is 35.5. The minimum absolute atomic E-state index is 0. The molecule has 0 aromatic heterocycles. The SMILES string of the molecule is CCC(OC1CCCC1)C(=O)N1CCC(CCNC)CC1.Cl. The van der Waals surface area contributed by atoms with Crippen LogP contribution in [0.3, 0.4) is 0 Å². The maximum Gasteiger partial charge on any atom is 0.251 e. The smallest absolute Gasteiger partial charge is 0.251 e. The molecule has 1 heterocycles. The molecular weight excluding hydrogens is 300 g/mol. The predicted molar refractivity (Wildman–Crippen MR) is 92.5 cm³/mol. The van der Waals surface area contributed by atoms with Crippen LogP contribution in [0.2, 0.25) is 0 Å². The van der Waals surface area contributed by atoms with Crippen molar-refractivity contribution in [3.63, 3.8) is 0 Å². The molecule has 0 spiro atoms. The molecule has 0 radical (unpaired) electrons. The highest BCUT2D eigenvalue weighted by Gasteiger charge is 2.30. The lowest BCUT2D eigenvalue weighted by atomic mass is 9.93. The van der Waals surface area contributed by atoms with Crippen LogP contribution in [0.4, 0.5) is 0 Å². The van der Waals surface area contributed by atoms with Gasteiger partial charge in [0.2, 0.25) is 0 Å². The van der Waals surface area contributed by atoms with Gasteiger partial charge in [-0.3, -0.25) is 4.79 Å². The van der Waals surface area contributed by atoms with Gasteiger partial charge in [-0.2, -0.15) is 0 Å².